The van der Waals surface area contributed by atoms with Crippen molar-refractivity contribution in [2.24, 2.45) is 28.1 Å². The van der Waals surface area contributed by atoms with Gasteiger partial charge in [0.15, 0.2) is 5.96 Å². The molecule has 5 atom stereocenters. The highest BCUT2D eigenvalue weighted by molar-refractivity contribution is 5.94. The molecular formula is C26H40N8O5. The van der Waals surface area contributed by atoms with Gasteiger partial charge >= 0.3 is 5.97 Å². The zero-order valence-corrected chi connectivity index (χ0v) is 22.6. The third-order valence-corrected chi connectivity index (χ3v) is 6.50. The van der Waals surface area contributed by atoms with E-state index in [1.165, 1.54) is 6.92 Å². The number of fused-ring (bicyclic) bond motifs is 1. The van der Waals surface area contributed by atoms with E-state index in [4.69, 9.17) is 17.2 Å². The van der Waals surface area contributed by atoms with Gasteiger partial charge < -0.3 is 43.2 Å². The molecule has 0 saturated carbocycles. The second kappa shape index (κ2) is 14.7. The average molecular weight is 545 g/mol. The van der Waals surface area contributed by atoms with Crippen molar-refractivity contribution in [2.45, 2.75) is 70.6 Å². The molecule has 2 rings (SSSR count). The normalized spacial score (nSPS) is 14.9. The molecule has 0 aliphatic carbocycles. The number of carbonyl (C=O) groups excluding carboxylic acids is 3. The number of nitrogens with zero attached hydrogens (tertiary/aromatic N) is 1. The molecule has 1 heterocycles. The van der Waals surface area contributed by atoms with Crippen LogP contribution < -0.4 is 33.2 Å². The first-order chi connectivity index (χ1) is 18.4. The molecule has 2 aromatic rings. The van der Waals surface area contributed by atoms with E-state index in [-0.39, 0.29) is 31.3 Å². The number of carboxylic acid groups (broad SMARTS) is 1. The van der Waals surface area contributed by atoms with E-state index in [0.717, 1.165) is 16.5 Å². The van der Waals surface area contributed by atoms with Gasteiger partial charge in [-0.3, -0.25) is 19.4 Å². The fourth-order valence-electron chi connectivity index (χ4n) is 4.01. The first-order valence-corrected chi connectivity index (χ1v) is 12.9. The van der Waals surface area contributed by atoms with Gasteiger partial charge in [-0.25, -0.2) is 4.79 Å². The predicted molar refractivity (Wildman–Crippen MR) is 148 cm³/mol. The number of H-pyrrole nitrogens is 1. The van der Waals surface area contributed by atoms with Crippen LogP contribution in [0.1, 0.15) is 45.6 Å². The van der Waals surface area contributed by atoms with Crippen LogP contribution in [-0.4, -0.2) is 70.5 Å². The van der Waals surface area contributed by atoms with E-state index in [2.05, 4.69) is 25.9 Å². The number of rotatable bonds is 15. The maximum atomic E-state index is 13.5. The second-order valence-electron chi connectivity index (χ2n) is 9.63. The maximum absolute atomic E-state index is 13.5. The quantitative estimate of drug-likeness (QED) is 0.0840. The molecule has 1 aromatic carbocycles. The smallest absolute Gasteiger partial charge is 0.326 e. The summed E-state index contributed by atoms with van der Waals surface area (Å²) in [5.41, 5.74) is 18.1. The molecule has 11 N–H and O–H groups in total. The highest BCUT2D eigenvalue weighted by Gasteiger charge is 2.32. The van der Waals surface area contributed by atoms with Crippen LogP contribution in [0.15, 0.2) is 35.5 Å². The third-order valence-electron chi connectivity index (χ3n) is 6.50. The Bertz CT molecular complexity index is 1170. The number of benzene rings is 1. The highest BCUT2D eigenvalue weighted by Crippen LogP contribution is 2.19. The monoisotopic (exact) mass is 544 g/mol. The number of aromatic nitrogens is 1. The van der Waals surface area contributed by atoms with Gasteiger partial charge in [0.2, 0.25) is 17.7 Å². The van der Waals surface area contributed by atoms with Crippen LogP contribution in [0, 0.1) is 5.92 Å². The summed E-state index contributed by atoms with van der Waals surface area (Å²) in [6.07, 6.45) is 2.86. The minimum absolute atomic E-state index is 0.111. The first-order valence-electron chi connectivity index (χ1n) is 12.9. The van der Waals surface area contributed by atoms with E-state index in [9.17, 15) is 24.3 Å². The van der Waals surface area contributed by atoms with Gasteiger partial charge in [-0.2, -0.15) is 0 Å². The summed E-state index contributed by atoms with van der Waals surface area (Å²) in [5, 5.41) is 18.4. The third kappa shape index (κ3) is 9.28. The van der Waals surface area contributed by atoms with Gasteiger partial charge in [0.25, 0.3) is 0 Å². The lowest BCUT2D eigenvalue weighted by molar-refractivity contribution is -0.144. The van der Waals surface area contributed by atoms with Crippen molar-refractivity contribution in [1.29, 1.82) is 0 Å². The maximum Gasteiger partial charge on any atom is 0.326 e. The molecule has 0 saturated heterocycles. The molecule has 0 aliphatic heterocycles. The van der Waals surface area contributed by atoms with Crippen molar-refractivity contribution in [2.75, 3.05) is 6.54 Å². The Hall–Kier alpha value is -4.13. The number of guanidine groups is 1. The van der Waals surface area contributed by atoms with Crippen molar-refractivity contribution in [1.82, 2.24) is 20.9 Å². The van der Waals surface area contributed by atoms with Crippen molar-refractivity contribution >= 4 is 40.6 Å². The standard InChI is InChI=1S/C26H40N8O5/c1-4-14(2)21(25(38)39)34-23(36)19(10-7-11-30-26(28)29)32-24(37)20(33-22(35)15(3)27)12-16-13-31-18-9-6-5-8-17(16)18/h5-6,8-9,13-15,19-21,31H,4,7,10-12,27H2,1-3H3,(H,32,37)(H,33,35)(H,34,36)(H,38,39)(H4,28,29,30). The van der Waals surface area contributed by atoms with Crippen LogP contribution in [0.25, 0.3) is 10.9 Å². The molecule has 1 aromatic heterocycles. The van der Waals surface area contributed by atoms with Crippen LogP contribution >= 0.6 is 0 Å². The number of amides is 3. The Morgan fingerprint density at radius 1 is 1.00 bits per heavy atom. The summed E-state index contributed by atoms with van der Waals surface area (Å²) in [6, 6.07) is 3.36. The van der Waals surface area contributed by atoms with Gasteiger partial charge in [0.05, 0.1) is 6.04 Å². The lowest BCUT2D eigenvalue weighted by Gasteiger charge is -2.26. The molecule has 214 valence electrons. The number of nitrogens with one attached hydrogen (secondary N) is 4. The summed E-state index contributed by atoms with van der Waals surface area (Å²) in [7, 11) is 0. The number of aliphatic imine (C=N–C) groups is 1. The molecule has 13 heteroatoms. The fourth-order valence-corrected chi connectivity index (χ4v) is 4.01. The number of carbonyl (C=O) groups is 4. The molecule has 0 radical (unpaired) electrons. The Morgan fingerprint density at radius 3 is 2.26 bits per heavy atom. The van der Waals surface area contributed by atoms with Crippen LogP contribution in [0.2, 0.25) is 0 Å². The molecule has 13 nitrogen and oxygen atoms in total. The van der Waals surface area contributed by atoms with E-state index >= 15 is 0 Å². The number of carboxylic acids is 1. The Labute approximate surface area is 227 Å². The topological polar surface area (TPSA) is 231 Å². The summed E-state index contributed by atoms with van der Waals surface area (Å²) < 4.78 is 0. The lowest BCUT2D eigenvalue weighted by Crippen LogP contribution is -2.58. The number of hydrogen-bond donors (Lipinski definition) is 8. The summed E-state index contributed by atoms with van der Waals surface area (Å²) in [5.74, 6) is -3.45. The van der Waals surface area contributed by atoms with Gasteiger partial charge in [0.1, 0.15) is 18.1 Å². The van der Waals surface area contributed by atoms with Crippen LogP contribution in [-0.2, 0) is 25.6 Å². The summed E-state index contributed by atoms with van der Waals surface area (Å²) in [4.78, 5) is 58.0. The minimum Gasteiger partial charge on any atom is -0.480 e. The van der Waals surface area contributed by atoms with Crippen molar-refractivity contribution < 1.29 is 24.3 Å². The number of aliphatic carboxylic acids is 1. The molecular weight excluding hydrogens is 504 g/mol. The van der Waals surface area contributed by atoms with Gasteiger partial charge in [-0.05, 0) is 37.3 Å². The van der Waals surface area contributed by atoms with E-state index in [1.807, 2.05) is 31.2 Å². The fraction of sp³-hybridized carbons (Fsp3) is 0.500. The molecule has 0 aliphatic rings. The Kier molecular flexibility index (Phi) is 11.7. The van der Waals surface area contributed by atoms with Crippen molar-refractivity contribution in [3.8, 4) is 0 Å². The van der Waals surface area contributed by atoms with E-state index < -0.39 is 47.9 Å². The molecule has 0 bridgehead atoms. The van der Waals surface area contributed by atoms with Gasteiger partial charge in [-0.15, -0.1) is 0 Å². The molecule has 0 spiro atoms. The zero-order valence-electron chi connectivity index (χ0n) is 22.6. The lowest BCUT2D eigenvalue weighted by atomic mass is 9.98. The van der Waals surface area contributed by atoms with Crippen LogP contribution in [0.3, 0.4) is 0 Å². The van der Waals surface area contributed by atoms with Crippen molar-refractivity contribution in [3.63, 3.8) is 0 Å². The highest BCUT2D eigenvalue weighted by atomic mass is 16.4. The molecule has 0 fully saturated rings. The predicted octanol–water partition coefficient (Wildman–Crippen LogP) is -0.304. The number of hydrogen-bond acceptors (Lipinski definition) is 6. The number of nitrogens with two attached hydrogens (primary N) is 3. The molecule has 5 unspecified atom stereocenters. The van der Waals surface area contributed by atoms with Gasteiger partial charge in [0, 0.05) is 30.1 Å². The van der Waals surface area contributed by atoms with Crippen LogP contribution in [0.5, 0.6) is 0 Å². The minimum atomic E-state index is -1.18. The average Bonchev–Trinajstić information content (AvgIpc) is 3.30. The Balaban J connectivity index is 2.30. The largest absolute Gasteiger partial charge is 0.480 e. The number of para-hydroxylation sites is 1. The SMILES string of the molecule is CCC(C)C(NC(=O)C(CCCN=C(N)N)NC(=O)C(Cc1c[nH]c2ccccc12)NC(=O)C(C)N)C(=O)O. The van der Waals surface area contributed by atoms with E-state index in [0.29, 0.717) is 12.8 Å². The molecule has 3 amide bonds. The molecule has 39 heavy (non-hydrogen) atoms. The summed E-state index contributed by atoms with van der Waals surface area (Å²) in [6.45, 7) is 5.23. The summed E-state index contributed by atoms with van der Waals surface area (Å²) >= 11 is 0. The van der Waals surface area contributed by atoms with Crippen LogP contribution in [0.4, 0.5) is 0 Å². The van der Waals surface area contributed by atoms with Crippen molar-refractivity contribution in [3.05, 3.63) is 36.0 Å². The second-order valence-corrected chi connectivity index (χ2v) is 9.63. The first kappa shape index (κ1) is 31.1. The Morgan fingerprint density at radius 2 is 1.64 bits per heavy atom. The van der Waals surface area contributed by atoms with Gasteiger partial charge in [-0.1, -0.05) is 38.5 Å². The number of aromatic amines is 1. The zero-order chi connectivity index (χ0) is 29.1. The van der Waals surface area contributed by atoms with E-state index in [1.54, 1.807) is 13.1 Å².